The number of nitrogens with one attached hydrogen (secondary N) is 1. The Kier molecular flexibility index (Phi) is 5.80. The van der Waals surface area contributed by atoms with Crippen LogP contribution in [-0.4, -0.2) is 31.6 Å². The lowest BCUT2D eigenvalue weighted by Crippen LogP contribution is -2.32. The molecule has 23 heavy (non-hydrogen) atoms. The Balaban J connectivity index is 1.65. The zero-order valence-corrected chi connectivity index (χ0v) is 13.1. The van der Waals surface area contributed by atoms with Crippen molar-refractivity contribution < 1.29 is 23.5 Å². The first-order chi connectivity index (χ1) is 11.1. The first kappa shape index (κ1) is 16.6. The highest BCUT2D eigenvalue weighted by molar-refractivity contribution is 5.92. The van der Waals surface area contributed by atoms with Gasteiger partial charge in [0.1, 0.15) is 29.4 Å². The molecule has 1 aromatic carbocycles. The van der Waals surface area contributed by atoms with Crippen LogP contribution in [0.5, 0.6) is 5.75 Å². The molecule has 0 unspecified atom stereocenters. The van der Waals surface area contributed by atoms with Gasteiger partial charge in [0.15, 0.2) is 6.61 Å². The number of aryl methyl sites for hydroxylation is 2. The molecule has 6 heteroatoms. The third-order valence-electron chi connectivity index (χ3n) is 3.03. The Labute approximate surface area is 134 Å². The molecule has 1 amide bonds. The third kappa shape index (κ3) is 5.18. The van der Waals surface area contributed by atoms with Gasteiger partial charge in [-0.2, -0.15) is 0 Å². The van der Waals surface area contributed by atoms with Gasteiger partial charge in [0.25, 0.3) is 5.91 Å². The molecule has 1 N–H and O–H groups in total. The van der Waals surface area contributed by atoms with Crippen LogP contribution in [0.3, 0.4) is 0 Å². The number of hydrogen-bond acceptors (Lipinski definition) is 5. The largest absolute Gasteiger partial charge is 0.492 e. The van der Waals surface area contributed by atoms with Crippen LogP contribution in [0.4, 0.5) is 0 Å². The molecule has 0 saturated heterocycles. The van der Waals surface area contributed by atoms with E-state index in [4.69, 9.17) is 13.9 Å². The second-order valence-electron chi connectivity index (χ2n) is 4.91. The maximum atomic E-state index is 11.8. The minimum absolute atomic E-state index is 0.328. The number of carbonyl (C=O) groups is 2. The van der Waals surface area contributed by atoms with Crippen molar-refractivity contribution >= 4 is 11.9 Å². The van der Waals surface area contributed by atoms with Gasteiger partial charge in [-0.15, -0.1) is 0 Å². The van der Waals surface area contributed by atoms with Crippen LogP contribution >= 0.6 is 0 Å². The van der Waals surface area contributed by atoms with Gasteiger partial charge < -0.3 is 19.2 Å². The van der Waals surface area contributed by atoms with Gasteiger partial charge in [0.05, 0.1) is 6.54 Å². The standard InChI is InChI=1S/C17H19NO5/c1-12-10-15(13(2)23-12)17(20)22-11-16(19)18-8-9-21-14-6-4-3-5-7-14/h3-7,10H,8-9,11H2,1-2H3,(H,18,19). The van der Waals surface area contributed by atoms with Crippen LogP contribution in [0.25, 0.3) is 0 Å². The topological polar surface area (TPSA) is 77.8 Å². The fraction of sp³-hybridized carbons (Fsp3) is 0.294. The fourth-order valence-electron chi connectivity index (χ4n) is 1.97. The molecule has 0 radical (unpaired) electrons. The third-order valence-corrected chi connectivity index (χ3v) is 3.03. The summed E-state index contributed by atoms with van der Waals surface area (Å²) in [5.41, 5.74) is 0.336. The van der Waals surface area contributed by atoms with Crippen molar-refractivity contribution in [2.24, 2.45) is 0 Å². The maximum Gasteiger partial charge on any atom is 0.342 e. The molecule has 1 aromatic heterocycles. The van der Waals surface area contributed by atoms with E-state index in [-0.39, 0.29) is 12.5 Å². The van der Waals surface area contributed by atoms with Crippen molar-refractivity contribution in [3.05, 3.63) is 53.5 Å². The molecule has 1 heterocycles. The molecular weight excluding hydrogens is 298 g/mol. The molecule has 0 aliphatic carbocycles. The zero-order chi connectivity index (χ0) is 16.7. The number of benzene rings is 1. The molecule has 2 aromatic rings. The highest BCUT2D eigenvalue weighted by Gasteiger charge is 2.16. The van der Waals surface area contributed by atoms with Crippen LogP contribution in [0, 0.1) is 13.8 Å². The summed E-state index contributed by atoms with van der Waals surface area (Å²) >= 11 is 0. The summed E-state index contributed by atoms with van der Waals surface area (Å²) in [6, 6.07) is 10.9. The molecule has 122 valence electrons. The van der Waals surface area contributed by atoms with Gasteiger partial charge in [-0.1, -0.05) is 18.2 Å². The van der Waals surface area contributed by atoms with Gasteiger partial charge >= 0.3 is 5.97 Å². The second kappa shape index (κ2) is 8.03. The lowest BCUT2D eigenvalue weighted by molar-refractivity contribution is -0.124. The lowest BCUT2D eigenvalue weighted by atomic mass is 10.2. The molecule has 0 atom stereocenters. The number of ether oxygens (including phenoxy) is 2. The van der Waals surface area contributed by atoms with E-state index in [0.717, 1.165) is 5.75 Å². The van der Waals surface area contributed by atoms with Gasteiger partial charge in [-0.25, -0.2) is 4.79 Å². The van der Waals surface area contributed by atoms with Crippen molar-refractivity contribution in [1.29, 1.82) is 0 Å². The van der Waals surface area contributed by atoms with Gasteiger partial charge in [-0.3, -0.25) is 4.79 Å². The quantitative estimate of drug-likeness (QED) is 0.626. The summed E-state index contributed by atoms with van der Waals surface area (Å²) in [5.74, 6) is 0.878. The van der Waals surface area contributed by atoms with Gasteiger partial charge in [-0.05, 0) is 32.0 Å². The number of esters is 1. The van der Waals surface area contributed by atoms with E-state index in [1.54, 1.807) is 19.9 Å². The van der Waals surface area contributed by atoms with E-state index in [9.17, 15) is 9.59 Å². The number of rotatable bonds is 7. The number of furan rings is 1. The molecule has 0 aliphatic heterocycles. The van der Waals surface area contributed by atoms with Crippen molar-refractivity contribution in [1.82, 2.24) is 5.32 Å². The monoisotopic (exact) mass is 317 g/mol. The van der Waals surface area contributed by atoms with E-state index in [0.29, 0.717) is 30.2 Å². The number of carbonyl (C=O) groups excluding carboxylic acids is 2. The van der Waals surface area contributed by atoms with E-state index in [2.05, 4.69) is 5.32 Å². The van der Waals surface area contributed by atoms with Crippen molar-refractivity contribution in [3.8, 4) is 5.75 Å². The number of para-hydroxylation sites is 1. The Morgan fingerprint density at radius 3 is 2.57 bits per heavy atom. The van der Waals surface area contributed by atoms with Gasteiger partial charge in [0, 0.05) is 0 Å². The van der Waals surface area contributed by atoms with E-state index in [1.165, 1.54) is 0 Å². The summed E-state index contributed by atoms with van der Waals surface area (Å²) in [4.78, 5) is 23.4. The van der Waals surface area contributed by atoms with E-state index < -0.39 is 5.97 Å². The van der Waals surface area contributed by atoms with Crippen molar-refractivity contribution in [2.45, 2.75) is 13.8 Å². The number of hydrogen-bond donors (Lipinski definition) is 1. The van der Waals surface area contributed by atoms with Crippen LogP contribution in [-0.2, 0) is 9.53 Å². The molecule has 0 bridgehead atoms. The first-order valence-corrected chi connectivity index (χ1v) is 7.25. The molecule has 2 rings (SSSR count). The smallest absolute Gasteiger partial charge is 0.342 e. The molecule has 0 fully saturated rings. The predicted octanol–water partition coefficient (Wildman–Crippen LogP) is 2.25. The molecular formula is C17H19NO5. The van der Waals surface area contributed by atoms with Gasteiger partial charge in [0.2, 0.25) is 0 Å². The highest BCUT2D eigenvalue weighted by Crippen LogP contribution is 2.14. The Bertz CT molecular complexity index is 663. The summed E-state index contributed by atoms with van der Waals surface area (Å²) in [5, 5.41) is 2.61. The van der Waals surface area contributed by atoms with Crippen molar-refractivity contribution in [2.75, 3.05) is 19.8 Å². The molecule has 6 nitrogen and oxygen atoms in total. The van der Waals surface area contributed by atoms with Crippen LogP contribution < -0.4 is 10.1 Å². The average Bonchev–Trinajstić information content (AvgIpc) is 2.89. The summed E-state index contributed by atoms with van der Waals surface area (Å²) < 4.78 is 15.6. The summed E-state index contributed by atoms with van der Waals surface area (Å²) in [6.45, 7) is 3.74. The first-order valence-electron chi connectivity index (χ1n) is 7.25. The summed E-state index contributed by atoms with van der Waals surface area (Å²) in [6.07, 6.45) is 0. The van der Waals surface area contributed by atoms with Crippen molar-refractivity contribution in [3.63, 3.8) is 0 Å². The minimum Gasteiger partial charge on any atom is -0.492 e. The summed E-state index contributed by atoms with van der Waals surface area (Å²) in [7, 11) is 0. The fourth-order valence-corrected chi connectivity index (χ4v) is 1.97. The maximum absolute atomic E-state index is 11.8. The van der Waals surface area contributed by atoms with E-state index in [1.807, 2.05) is 30.3 Å². The molecule has 0 saturated carbocycles. The predicted molar refractivity (Wildman–Crippen MR) is 83.4 cm³/mol. The Hall–Kier alpha value is -2.76. The Morgan fingerprint density at radius 1 is 1.17 bits per heavy atom. The normalized spacial score (nSPS) is 10.2. The zero-order valence-electron chi connectivity index (χ0n) is 13.1. The average molecular weight is 317 g/mol. The second-order valence-corrected chi connectivity index (χ2v) is 4.91. The SMILES string of the molecule is Cc1cc(C(=O)OCC(=O)NCCOc2ccccc2)c(C)o1. The molecule has 0 aliphatic rings. The van der Waals surface area contributed by atoms with Crippen LogP contribution in [0.1, 0.15) is 21.9 Å². The van der Waals surface area contributed by atoms with Crippen LogP contribution in [0.2, 0.25) is 0 Å². The highest BCUT2D eigenvalue weighted by atomic mass is 16.5. The van der Waals surface area contributed by atoms with E-state index >= 15 is 0 Å². The molecule has 0 spiro atoms. The number of amides is 1. The minimum atomic E-state index is -0.574. The van der Waals surface area contributed by atoms with Crippen LogP contribution in [0.15, 0.2) is 40.8 Å². The Morgan fingerprint density at radius 2 is 1.91 bits per heavy atom. The lowest BCUT2D eigenvalue weighted by Gasteiger charge is -2.08.